The number of aliphatic hydroxyl groups excluding tert-OH is 1. The molecular weight excluding hydrogens is 256 g/mol. The van der Waals surface area contributed by atoms with Crippen LogP contribution >= 0.6 is 0 Å². The van der Waals surface area contributed by atoms with E-state index in [0.717, 1.165) is 50.6 Å². The van der Waals surface area contributed by atoms with Gasteiger partial charge in [0, 0.05) is 51.1 Å². The first-order valence-electron chi connectivity index (χ1n) is 7.08. The minimum absolute atomic E-state index is 0.274. The highest BCUT2D eigenvalue weighted by Crippen LogP contribution is 2.31. The largest absolute Gasteiger partial charge is 0.493 e. The standard InChI is InChI=1S/C15H24N2O3/c1-19-14-5-4-13(12-15(14)20-2)17-9-7-16(8-10-17)6-3-11-18/h4-5,12,18H,3,6-11H2,1-2H3. The highest BCUT2D eigenvalue weighted by molar-refractivity contribution is 5.56. The van der Waals surface area contributed by atoms with Crippen LogP contribution in [0.25, 0.3) is 0 Å². The van der Waals surface area contributed by atoms with Crippen molar-refractivity contribution < 1.29 is 14.6 Å². The van der Waals surface area contributed by atoms with Crippen molar-refractivity contribution in [2.45, 2.75) is 6.42 Å². The summed E-state index contributed by atoms with van der Waals surface area (Å²) in [6.07, 6.45) is 0.857. The van der Waals surface area contributed by atoms with Crippen LogP contribution in [-0.2, 0) is 0 Å². The van der Waals surface area contributed by atoms with Crippen LogP contribution in [0.15, 0.2) is 18.2 Å². The Morgan fingerprint density at radius 1 is 1.05 bits per heavy atom. The van der Waals surface area contributed by atoms with Crippen LogP contribution in [-0.4, -0.2) is 63.6 Å². The second-order valence-electron chi connectivity index (χ2n) is 4.95. The van der Waals surface area contributed by atoms with Gasteiger partial charge in [0.2, 0.25) is 0 Å². The van der Waals surface area contributed by atoms with Crippen molar-refractivity contribution in [1.82, 2.24) is 4.90 Å². The molecule has 1 aliphatic rings. The van der Waals surface area contributed by atoms with E-state index in [1.807, 2.05) is 12.1 Å². The molecule has 0 aromatic heterocycles. The van der Waals surface area contributed by atoms with Gasteiger partial charge in [0.05, 0.1) is 14.2 Å². The van der Waals surface area contributed by atoms with E-state index in [0.29, 0.717) is 0 Å². The number of aliphatic hydroxyl groups is 1. The van der Waals surface area contributed by atoms with Crippen molar-refractivity contribution >= 4 is 5.69 Å². The lowest BCUT2D eigenvalue weighted by Gasteiger charge is -2.36. The highest BCUT2D eigenvalue weighted by Gasteiger charge is 2.17. The molecule has 0 atom stereocenters. The Kier molecular flexibility index (Phi) is 5.49. The first-order chi connectivity index (χ1) is 9.78. The Balaban J connectivity index is 1.96. The van der Waals surface area contributed by atoms with Crippen LogP contribution in [0.1, 0.15) is 6.42 Å². The second-order valence-corrected chi connectivity index (χ2v) is 4.95. The van der Waals surface area contributed by atoms with Gasteiger partial charge in [-0.2, -0.15) is 0 Å². The molecule has 1 aromatic carbocycles. The summed E-state index contributed by atoms with van der Waals surface area (Å²) < 4.78 is 10.6. The van der Waals surface area contributed by atoms with E-state index in [-0.39, 0.29) is 6.61 Å². The fourth-order valence-electron chi connectivity index (χ4n) is 2.55. The van der Waals surface area contributed by atoms with E-state index >= 15 is 0 Å². The van der Waals surface area contributed by atoms with Crippen LogP contribution in [0.2, 0.25) is 0 Å². The zero-order chi connectivity index (χ0) is 14.4. The predicted octanol–water partition coefficient (Wildman–Crippen LogP) is 1.21. The van der Waals surface area contributed by atoms with Gasteiger partial charge in [0.15, 0.2) is 11.5 Å². The maximum Gasteiger partial charge on any atom is 0.162 e. The lowest BCUT2D eigenvalue weighted by molar-refractivity contribution is 0.216. The van der Waals surface area contributed by atoms with Gasteiger partial charge in [-0.1, -0.05) is 0 Å². The summed E-state index contributed by atoms with van der Waals surface area (Å²) in [6.45, 7) is 5.33. The van der Waals surface area contributed by atoms with Crippen LogP contribution in [0, 0.1) is 0 Å². The number of anilines is 1. The van der Waals surface area contributed by atoms with E-state index in [9.17, 15) is 0 Å². The van der Waals surface area contributed by atoms with E-state index in [4.69, 9.17) is 14.6 Å². The van der Waals surface area contributed by atoms with Gasteiger partial charge in [-0.3, -0.25) is 4.90 Å². The summed E-state index contributed by atoms with van der Waals surface area (Å²) in [5.41, 5.74) is 1.17. The molecule has 5 nitrogen and oxygen atoms in total. The Hall–Kier alpha value is -1.46. The predicted molar refractivity (Wildman–Crippen MR) is 79.9 cm³/mol. The molecule has 0 radical (unpaired) electrons. The summed E-state index contributed by atoms with van der Waals surface area (Å²) in [6, 6.07) is 6.05. The Bertz CT molecular complexity index is 418. The molecule has 2 rings (SSSR count). The fourth-order valence-corrected chi connectivity index (χ4v) is 2.55. The normalized spacial score (nSPS) is 16.2. The SMILES string of the molecule is COc1ccc(N2CCN(CCCO)CC2)cc1OC. The van der Waals surface area contributed by atoms with Crippen LogP contribution in [0.3, 0.4) is 0 Å². The number of nitrogens with zero attached hydrogens (tertiary/aromatic N) is 2. The number of ether oxygens (including phenoxy) is 2. The third kappa shape index (κ3) is 3.55. The summed E-state index contributed by atoms with van der Waals surface area (Å²) in [4.78, 5) is 4.75. The Labute approximate surface area is 120 Å². The molecule has 1 aromatic rings. The van der Waals surface area contributed by atoms with Crippen LogP contribution in [0.4, 0.5) is 5.69 Å². The van der Waals surface area contributed by atoms with Gasteiger partial charge in [0.1, 0.15) is 0 Å². The number of rotatable bonds is 6. The summed E-state index contributed by atoms with van der Waals surface area (Å²) >= 11 is 0. The molecule has 1 saturated heterocycles. The zero-order valence-electron chi connectivity index (χ0n) is 12.3. The van der Waals surface area contributed by atoms with Crippen molar-refractivity contribution in [2.24, 2.45) is 0 Å². The van der Waals surface area contributed by atoms with E-state index in [1.54, 1.807) is 14.2 Å². The number of hydrogen-bond acceptors (Lipinski definition) is 5. The first-order valence-corrected chi connectivity index (χ1v) is 7.08. The Morgan fingerprint density at radius 3 is 2.35 bits per heavy atom. The monoisotopic (exact) mass is 280 g/mol. The van der Waals surface area contributed by atoms with E-state index in [2.05, 4.69) is 15.9 Å². The third-order valence-electron chi connectivity index (χ3n) is 3.74. The topological polar surface area (TPSA) is 45.2 Å². The quantitative estimate of drug-likeness (QED) is 0.848. The molecule has 0 spiro atoms. The van der Waals surface area contributed by atoms with Crippen molar-refractivity contribution in [3.8, 4) is 11.5 Å². The lowest BCUT2D eigenvalue weighted by atomic mass is 10.2. The number of methoxy groups -OCH3 is 2. The minimum Gasteiger partial charge on any atom is -0.493 e. The fraction of sp³-hybridized carbons (Fsp3) is 0.600. The lowest BCUT2D eigenvalue weighted by Crippen LogP contribution is -2.46. The average Bonchev–Trinajstić information content (AvgIpc) is 2.52. The molecule has 112 valence electrons. The van der Waals surface area contributed by atoms with Gasteiger partial charge >= 0.3 is 0 Å². The molecule has 20 heavy (non-hydrogen) atoms. The maximum absolute atomic E-state index is 8.87. The summed E-state index contributed by atoms with van der Waals surface area (Å²) in [5, 5.41) is 8.87. The van der Waals surface area contributed by atoms with E-state index < -0.39 is 0 Å². The second kappa shape index (κ2) is 7.36. The van der Waals surface area contributed by atoms with Crippen molar-refractivity contribution in [1.29, 1.82) is 0 Å². The highest BCUT2D eigenvalue weighted by atomic mass is 16.5. The van der Waals surface area contributed by atoms with E-state index in [1.165, 1.54) is 5.69 Å². The molecule has 0 unspecified atom stereocenters. The number of hydrogen-bond donors (Lipinski definition) is 1. The molecule has 0 aliphatic carbocycles. The molecule has 1 fully saturated rings. The molecule has 1 heterocycles. The molecule has 0 amide bonds. The summed E-state index contributed by atoms with van der Waals surface area (Å²) in [5.74, 6) is 1.53. The molecule has 0 bridgehead atoms. The van der Waals surface area contributed by atoms with Crippen molar-refractivity contribution in [3.05, 3.63) is 18.2 Å². The molecular formula is C15H24N2O3. The number of piperazine rings is 1. The average molecular weight is 280 g/mol. The van der Waals surface area contributed by atoms with Crippen LogP contribution < -0.4 is 14.4 Å². The molecule has 1 N–H and O–H groups in total. The van der Waals surface area contributed by atoms with Gasteiger partial charge in [0.25, 0.3) is 0 Å². The van der Waals surface area contributed by atoms with Gasteiger partial charge in [-0.05, 0) is 18.6 Å². The van der Waals surface area contributed by atoms with Crippen LogP contribution in [0.5, 0.6) is 11.5 Å². The molecule has 0 saturated carbocycles. The van der Waals surface area contributed by atoms with Gasteiger partial charge in [-0.15, -0.1) is 0 Å². The molecule has 1 aliphatic heterocycles. The third-order valence-corrected chi connectivity index (χ3v) is 3.74. The minimum atomic E-state index is 0.274. The van der Waals surface area contributed by atoms with Crippen molar-refractivity contribution in [2.75, 3.05) is 58.5 Å². The van der Waals surface area contributed by atoms with Crippen molar-refractivity contribution in [3.63, 3.8) is 0 Å². The Morgan fingerprint density at radius 2 is 1.75 bits per heavy atom. The number of benzene rings is 1. The first kappa shape index (κ1) is 14.9. The van der Waals surface area contributed by atoms with Gasteiger partial charge in [-0.25, -0.2) is 0 Å². The smallest absolute Gasteiger partial charge is 0.162 e. The summed E-state index contributed by atoms with van der Waals surface area (Å²) in [7, 11) is 3.31. The zero-order valence-corrected chi connectivity index (χ0v) is 12.3. The molecule has 5 heteroatoms. The van der Waals surface area contributed by atoms with Gasteiger partial charge < -0.3 is 19.5 Å². The maximum atomic E-state index is 8.87.